The van der Waals surface area contributed by atoms with Gasteiger partial charge in [0, 0.05) is 24.6 Å². The molecule has 8 heteroatoms. The van der Waals surface area contributed by atoms with E-state index in [4.69, 9.17) is 9.47 Å². The predicted molar refractivity (Wildman–Crippen MR) is 100 cm³/mol. The number of aromatic nitrogens is 3. The van der Waals surface area contributed by atoms with Crippen molar-refractivity contribution in [1.29, 1.82) is 0 Å². The molecule has 1 unspecified atom stereocenters. The number of ether oxygens (including phenoxy) is 2. The molecular formula is C19H26N4O4. The number of nitrogens with one attached hydrogen (secondary N) is 1. The van der Waals surface area contributed by atoms with Crippen LogP contribution in [0.4, 0.5) is 0 Å². The molecule has 1 aromatic carbocycles. The molecular weight excluding hydrogens is 348 g/mol. The second-order valence-electron chi connectivity index (χ2n) is 6.72. The minimum Gasteiger partial charge on any atom is -0.497 e. The molecule has 8 nitrogen and oxygen atoms in total. The average molecular weight is 374 g/mol. The van der Waals surface area contributed by atoms with Gasteiger partial charge in [0.05, 0.1) is 20.3 Å². The molecule has 0 saturated carbocycles. The number of benzene rings is 1. The zero-order valence-corrected chi connectivity index (χ0v) is 16.0. The minimum absolute atomic E-state index is 0.0956. The first-order valence-corrected chi connectivity index (χ1v) is 9.21. The molecule has 27 heavy (non-hydrogen) atoms. The largest absolute Gasteiger partial charge is 0.497 e. The molecule has 1 aromatic heterocycles. The number of carbonyl (C=O) groups excluding carboxylic acids is 1. The van der Waals surface area contributed by atoms with Crippen LogP contribution < -0.4 is 20.5 Å². The summed E-state index contributed by atoms with van der Waals surface area (Å²) in [6, 6.07) is 5.16. The number of nitrogens with zero attached hydrogens (tertiary/aromatic N) is 3. The van der Waals surface area contributed by atoms with Crippen LogP contribution in [-0.4, -0.2) is 34.5 Å². The van der Waals surface area contributed by atoms with E-state index in [1.54, 1.807) is 24.9 Å². The minimum atomic E-state index is -0.283. The Morgan fingerprint density at radius 2 is 2.07 bits per heavy atom. The monoisotopic (exact) mass is 374 g/mol. The summed E-state index contributed by atoms with van der Waals surface area (Å²) in [7, 11) is 3.16. The Bertz CT molecular complexity index is 871. The van der Waals surface area contributed by atoms with Crippen molar-refractivity contribution in [3.63, 3.8) is 0 Å². The molecule has 1 aliphatic heterocycles. The average Bonchev–Trinajstić information content (AvgIpc) is 2.84. The molecule has 1 aliphatic rings. The molecule has 2 heterocycles. The Balaban J connectivity index is 1.70. The fraction of sp³-hybridized carbons (Fsp3) is 0.526. The zero-order valence-electron chi connectivity index (χ0n) is 16.0. The predicted octanol–water partition coefficient (Wildman–Crippen LogP) is 1.67. The Morgan fingerprint density at radius 1 is 1.26 bits per heavy atom. The lowest BCUT2D eigenvalue weighted by atomic mass is 10.1. The third-order valence-corrected chi connectivity index (χ3v) is 4.86. The lowest BCUT2D eigenvalue weighted by molar-refractivity contribution is -0.122. The van der Waals surface area contributed by atoms with Crippen LogP contribution >= 0.6 is 0 Å². The quantitative estimate of drug-likeness (QED) is 0.831. The fourth-order valence-corrected chi connectivity index (χ4v) is 3.41. The van der Waals surface area contributed by atoms with Crippen LogP contribution in [0.25, 0.3) is 0 Å². The van der Waals surface area contributed by atoms with Crippen molar-refractivity contribution >= 4 is 5.91 Å². The van der Waals surface area contributed by atoms with Crippen molar-refractivity contribution in [3.8, 4) is 11.5 Å². The second-order valence-corrected chi connectivity index (χ2v) is 6.72. The van der Waals surface area contributed by atoms with Crippen molar-refractivity contribution in [2.45, 2.75) is 51.7 Å². The van der Waals surface area contributed by atoms with E-state index in [-0.39, 0.29) is 24.2 Å². The lowest BCUT2D eigenvalue weighted by Crippen LogP contribution is -2.35. The van der Waals surface area contributed by atoms with E-state index < -0.39 is 0 Å². The Labute approximate surface area is 158 Å². The van der Waals surface area contributed by atoms with E-state index in [0.717, 1.165) is 37.1 Å². The molecule has 0 fully saturated rings. The number of methoxy groups -OCH3 is 2. The molecule has 0 bridgehead atoms. The van der Waals surface area contributed by atoms with Crippen LogP contribution in [0.3, 0.4) is 0 Å². The van der Waals surface area contributed by atoms with Crippen molar-refractivity contribution in [1.82, 2.24) is 19.7 Å². The first kappa shape index (κ1) is 19.0. The van der Waals surface area contributed by atoms with Gasteiger partial charge in [0.25, 0.3) is 0 Å². The fourth-order valence-electron chi connectivity index (χ4n) is 3.41. The summed E-state index contributed by atoms with van der Waals surface area (Å²) in [5.74, 6) is 1.82. The molecule has 0 radical (unpaired) electrons. The molecule has 3 rings (SSSR count). The van der Waals surface area contributed by atoms with Crippen molar-refractivity contribution < 1.29 is 14.3 Å². The van der Waals surface area contributed by atoms with E-state index in [2.05, 4.69) is 10.4 Å². The highest BCUT2D eigenvalue weighted by Gasteiger charge is 2.19. The van der Waals surface area contributed by atoms with E-state index in [1.165, 1.54) is 4.68 Å². The Kier molecular flexibility index (Phi) is 5.83. The molecule has 1 atom stereocenters. The summed E-state index contributed by atoms with van der Waals surface area (Å²) in [6.07, 6.45) is 3.88. The van der Waals surface area contributed by atoms with E-state index in [1.807, 2.05) is 19.1 Å². The Morgan fingerprint density at radius 3 is 2.81 bits per heavy atom. The van der Waals surface area contributed by atoms with Crippen LogP contribution in [0.15, 0.2) is 23.0 Å². The Hall–Kier alpha value is -2.77. The van der Waals surface area contributed by atoms with Crippen molar-refractivity contribution in [2.75, 3.05) is 14.2 Å². The SMILES string of the molecule is COc1ccc(C(C)NC(=O)Cn2nc3n(c2=O)CCCCC3)c(OC)c1. The normalized spacial score (nSPS) is 14.8. The van der Waals surface area contributed by atoms with E-state index >= 15 is 0 Å². The van der Waals surface area contributed by atoms with Crippen LogP contribution in [-0.2, 0) is 24.3 Å². The summed E-state index contributed by atoms with van der Waals surface area (Å²) in [4.78, 5) is 24.9. The van der Waals surface area contributed by atoms with Gasteiger partial charge < -0.3 is 14.8 Å². The van der Waals surface area contributed by atoms with Crippen LogP contribution in [0.2, 0.25) is 0 Å². The number of rotatable bonds is 6. The standard InChI is InChI=1S/C19H26N4O4/c1-13(15-9-8-14(26-2)11-16(15)27-3)20-18(24)12-23-19(25)22-10-6-4-5-7-17(22)21-23/h8-9,11,13H,4-7,10,12H2,1-3H3,(H,20,24). The maximum Gasteiger partial charge on any atom is 0.346 e. The molecule has 1 amide bonds. The molecule has 2 aromatic rings. The maximum atomic E-state index is 12.5. The van der Waals surface area contributed by atoms with Gasteiger partial charge in [-0.05, 0) is 31.9 Å². The summed E-state index contributed by atoms with van der Waals surface area (Å²) < 4.78 is 13.5. The van der Waals surface area contributed by atoms with E-state index in [0.29, 0.717) is 18.0 Å². The van der Waals surface area contributed by atoms with Crippen LogP contribution in [0, 0.1) is 0 Å². The first-order chi connectivity index (χ1) is 13.0. The van der Waals surface area contributed by atoms with Gasteiger partial charge in [-0.15, -0.1) is 0 Å². The number of carbonyl (C=O) groups is 1. The first-order valence-electron chi connectivity index (χ1n) is 9.21. The highest BCUT2D eigenvalue weighted by atomic mass is 16.5. The lowest BCUT2D eigenvalue weighted by Gasteiger charge is -2.18. The molecule has 146 valence electrons. The van der Waals surface area contributed by atoms with Gasteiger partial charge in [-0.3, -0.25) is 9.36 Å². The van der Waals surface area contributed by atoms with Gasteiger partial charge in [-0.2, -0.15) is 5.10 Å². The number of amides is 1. The second kappa shape index (κ2) is 8.28. The van der Waals surface area contributed by atoms with Crippen molar-refractivity contribution in [2.24, 2.45) is 0 Å². The van der Waals surface area contributed by atoms with Gasteiger partial charge in [0.1, 0.15) is 23.9 Å². The number of hydrogen-bond donors (Lipinski definition) is 1. The summed E-state index contributed by atoms with van der Waals surface area (Å²) in [5, 5.41) is 7.26. The third kappa shape index (κ3) is 4.15. The summed E-state index contributed by atoms with van der Waals surface area (Å²) >= 11 is 0. The van der Waals surface area contributed by atoms with Gasteiger partial charge in [0.15, 0.2) is 0 Å². The third-order valence-electron chi connectivity index (χ3n) is 4.86. The smallest absolute Gasteiger partial charge is 0.346 e. The number of fused-ring (bicyclic) bond motifs is 1. The topological polar surface area (TPSA) is 87.4 Å². The van der Waals surface area contributed by atoms with Crippen LogP contribution in [0.1, 0.15) is 43.6 Å². The van der Waals surface area contributed by atoms with Gasteiger partial charge in [0.2, 0.25) is 5.91 Å². The molecule has 1 N–H and O–H groups in total. The van der Waals surface area contributed by atoms with Gasteiger partial charge in [-0.1, -0.05) is 6.42 Å². The molecule has 0 spiro atoms. The van der Waals surface area contributed by atoms with Crippen LogP contribution in [0.5, 0.6) is 11.5 Å². The summed E-state index contributed by atoms with van der Waals surface area (Å²) in [6.45, 7) is 2.45. The number of aryl methyl sites for hydroxylation is 1. The van der Waals surface area contributed by atoms with E-state index in [9.17, 15) is 9.59 Å². The van der Waals surface area contributed by atoms with Crippen molar-refractivity contribution in [3.05, 3.63) is 40.1 Å². The summed E-state index contributed by atoms with van der Waals surface area (Å²) in [5.41, 5.74) is 0.622. The zero-order chi connectivity index (χ0) is 19.4. The number of hydrogen-bond acceptors (Lipinski definition) is 5. The van der Waals surface area contributed by atoms with Gasteiger partial charge >= 0.3 is 5.69 Å². The molecule has 0 aliphatic carbocycles. The molecule has 0 saturated heterocycles. The highest BCUT2D eigenvalue weighted by Crippen LogP contribution is 2.29. The highest BCUT2D eigenvalue weighted by molar-refractivity contribution is 5.76. The van der Waals surface area contributed by atoms with Gasteiger partial charge in [-0.25, -0.2) is 9.48 Å². The maximum absolute atomic E-state index is 12.5.